The third kappa shape index (κ3) is 3.29. The average Bonchev–Trinajstić information content (AvgIpc) is 2.35. The molecule has 0 amide bonds. The molecule has 0 saturated carbocycles. The minimum Gasteiger partial charge on any atom is -0.316 e. The molecule has 0 bridgehead atoms. The van der Waals surface area contributed by atoms with E-state index in [1.807, 2.05) is 19.1 Å². The van der Waals surface area contributed by atoms with Gasteiger partial charge < -0.3 is 5.32 Å². The summed E-state index contributed by atoms with van der Waals surface area (Å²) >= 11 is 3.31. The lowest BCUT2D eigenvalue weighted by molar-refractivity contribution is 0.376. The van der Waals surface area contributed by atoms with Crippen molar-refractivity contribution in [3.63, 3.8) is 0 Å². The molecule has 1 nitrogen and oxygen atoms in total. The molecule has 1 atom stereocenters. The van der Waals surface area contributed by atoms with E-state index in [9.17, 15) is 4.39 Å². The van der Waals surface area contributed by atoms with Crippen LogP contribution in [0.2, 0.25) is 0 Å². The molecule has 94 valence electrons. The van der Waals surface area contributed by atoms with E-state index in [0.29, 0.717) is 10.4 Å². The number of rotatable bonds is 3. The Morgan fingerprint density at radius 2 is 2.29 bits per heavy atom. The second-order valence-electron chi connectivity index (χ2n) is 4.82. The van der Waals surface area contributed by atoms with Crippen molar-refractivity contribution in [2.24, 2.45) is 5.92 Å². The van der Waals surface area contributed by atoms with Gasteiger partial charge in [0.15, 0.2) is 0 Å². The molecule has 17 heavy (non-hydrogen) atoms. The monoisotopic (exact) mass is 299 g/mol. The predicted molar refractivity (Wildman–Crippen MR) is 72.8 cm³/mol. The van der Waals surface area contributed by atoms with Gasteiger partial charge in [-0.15, -0.1) is 0 Å². The number of hydrogen-bond acceptors (Lipinski definition) is 1. The molecular formula is C14H19BrFN. The summed E-state index contributed by atoms with van der Waals surface area (Å²) in [4.78, 5) is 0. The third-order valence-corrected chi connectivity index (χ3v) is 4.04. The van der Waals surface area contributed by atoms with Gasteiger partial charge in [-0.1, -0.05) is 13.0 Å². The minimum atomic E-state index is -0.0991. The SMILES string of the molecule is CCc1cc(CC2CCCNC2)cc(Br)c1F. The van der Waals surface area contributed by atoms with Crippen molar-refractivity contribution < 1.29 is 4.39 Å². The molecule has 1 saturated heterocycles. The van der Waals surface area contributed by atoms with Gasteiger partial charge in [0.2, 0.25) is 0 Å². The van der Waals surface area contributed by atoms with Crippen molar-refractivity contribution in [3.8, 4) is 0 Å². The fourth-order valence-corrected chi connectivity index (χ4v) is 3.06. The minimum absolute atomic E-state index is 0.0991. The standard InChI is InChI=1S/C14H19BrFN/c1-2-12-7-11(8-13(15)14(12)16)6-10-4-3-5-17-9-10/h7-8,10,17H,2-6,9H2,1H3. The molecule has 1 aromatic carbocycles. The Hall–Kier alpha value is -0.410. The lowest BCUT2D eigenvalue weighted by atomic mass is 9.91. The highest BCUT2D eigenvalue weighted by Gasteiger charge is 2.15. The largest absolute Gasteiger partial charge is 0.316 e. The van der Waals surface area contributed by atoms with Crippen LogP contribution in [0, 0.1) is 11.7 Å². The van der Waals surface area contributed by atoms with Crippen LogP contribution in [0.3, 0.4) is 0 Å². The third-order valence-electron chi connectivity index (χ3n) is 3.47. The summed E-state index contributed by atoms with van der Waals surface area (Å²) in [5.41, 5.74) is 2.07. The molecule has 1 aromatic rings. The first-order valence-corrected chi connectivity index (χ1v) is 7.17. The van der Waals surface area contributed by atoms with Crippen LogP contribution in [0.1, 0.15) is 30.9 Å². The van der Waals surface area contributed by atoms with Crippen molar-refractivity contribution in [2.75, 3.05) is 13.1 Å². The number of nitrogens with one attached hydrogen (secondary N) is 1. The zero-order valence-corrected chi connectivity index (χ0v) is 11.8. The van der Waals surface area contributed by atoms with E-state index in [4.69, 9.17) is 0 Å². The first kappa shape index (κ1) is 13.0. The summed E-state index contributed by atoms with van der Waals surface area (Å²) in [7, 11) is 0. The Kier molecular flexibility index (Phi) is 4.57. The second-order valence-corrected chi connectivity index (χ2v) is 5.68. The van der Waals surface area contributed by atoms with E-state index in [1.54, 1.807) is 0 Å². The van der Waals surface area contributed by atoms with E-state index in [-0.39, 0.29) is 5.82 Å². The van der Waals surface area contributed by atoms with Gasteiger partial charge >= 0.3 is 0 Å². The van der Waals surface area contributed by atoms with Crippen LogP contribution in [-0.4, -0.2) is 13.1 Å². The van der Waals surface area contributed by atoms with Crippen molar-refractivity contribution in [2.45, 2.75) is 32.6 Å². The van der Waals surface area contributed by atoms with E-state index in [1.165, 1.54) is 18.4 Å². The van der Waals surface area contributed by atoms with Crippen molar-refractivity contribution in [1.29, 1.82) is 0 Å². The van der Waals surface area contributed by atoms with E-state index >= 15 is 0 Å². The zero-order chi connectivity index (χ0) is 12.3. The van der Waals surface area contributed by atoms with Crippen LogP contribution >= 0.6 is 15.9 Å². The molecule has 1 unspecified atom stereocenters. The van der Waals surface area contributed by atoms with Gasteiger partial charge in [-0.2, -0.15) is 0 Å². The Labute approximate surface area is 111 Å². The molecule has 1 N–H and O–H groups in total. The van der Waals surface area contributed by atoms with E-state index < -0.39 is 0 Å². The highest BCUT2D eigenvalue weighted by Crippen LogP contribution is 2.25. The number of benzene rings is 1. The van der Waals surface area contributed by atoms with Gasteiger partial charge in [0, 0.05) is 0 Å². The summed E-state index contributed by atoms with van der Waals surface area (Å²) < 4.78 is 14.3. The molecule has 1 fully saturated rings. The fourth-order valence-electron chi connectivity index (χ4n) is 2.52. The smallest absolute Gasteiger partial charge is 0.140 e. The molecule has 0 aliphatic carbocycles. The average molecular weight is 300 g/mol. The molecule has 0 spiro atoms. The van der Waals surface area contributed by atoms with Gasteiger partial charge in [0.1, 0.15) is 5.82 Å². The first-order valence-electron chi connectivity index (χ1n) is 6.38. The Bertz CT molecular complexity index is 386. The van der Waals surface area contributed by atoms with E-state index in [2.05, 4.69) is 21.2 Å². The molecule has 1 aliphatic rings. The second kappa shape index (κ2) is 5.96. The van der Waals surface area contributed by atoms with Crippen molar-refractivity contribution in [1.82, 2.24) is 5.32 Å². The van der Waals surface area contributed by atoms with E-state index in [0.717, 1.165) is 31.5 Å². The van der Waals surface area contributed by atoms with Crippen LogP contribution in [0.5, 0.6) is 0 Å². The Morgan fingerprint density at radius 1 is 1.47 bits per heavy atom. The molecular weight excluding hydrogens is 281 g/mol. The molecule has 0 aromatic heterocycles. The van der Waals surface area contributed by atoms with Crippen LogP contribution in [0.15, 0.2) is 16.6 Å². The van der Waals surface area contributed by atoms with Crippen molar-refractivity contribution in [3.05, 3.63) is 33.5 Å². The number of halogens is 2. The maximum Gasteiger partial charge on any atom is 0.140 e. The van der Waals surface area contributed by atoms with Gasteiger partial charge in [-0.3, -0.25) is 0 Å². The lowest BCUT2D eigenvalue weighted by Crippen LogP contribution is -2.30. The predicted octanol–water partition coefficient (Wildman–Crippen LogP) is 3.69. The molecule has 3 heteroatoms. The molecule has 2 rings (SSSR count). The topological polar surface area (TPSA) is 12.0 Å². The van der Waals surface area contributed by atoms with Crippen molar-refractivity contribution >= 4 is 15.9 Å². The maximum absolute atomic E-state index is 13.7. The van der Waals surface area contributed by atoms with Gasteiger partial charge in [-0.25, -0.2) is 4.39 Å². The number of piperidine rings is 1. The quantitative estimate of drug-likeness (QED) is 0.897. The normalized spacial score (nSPS) is 20.5. The summed E-state index contributed by atoms with van der Waals surface area (Å²) in [5.74, 6) is 0.601. The van der Waals surface area contributed by atoms with Gasteiger partial charge in [-0.05, 0) is 77.8 Å². The summed E-state index contributed by atoms with van der Waals surface area (Å²) in [6.07, 6.45) is 4.34. The maximum atomic E-state index is 13.7. The highest BCUT2D eigenvalue weighted by atomic mass is 79.9. The summed E-state index contributed by atoms with van der Waals surface area (Å²) in [5, 5.41) is 3.42. The number of aryl methyl sites for hydroxylation is 1. The van der Waals surface area contributed by atoms with Gasteiger partial charge in [0.25, 0.3) is 0 Å². The van der Waals surface area contributed by atoms with Crippen LogP contribution < -0.4 is 5.32 Å². The summed E-state index contributed by atoms with van der Waals surface area (Å²) in [6.45, 7) is 4.23. The first-order chi connectivity index (χ1) is 8.20. The molecule has 0 radical (unpaired) electrons. The van der Waals surface area contributed by atoms with Gasteiger partial charge in [0.05, 0.1) is 4.47 Å². The highest BCUT2D eigenvalue weighted by molar-refractivity contribution is 9.10. The van der Waals surface area contributed by atoms with Crippen LogP contribution in [0.25, 0.3) is 0 Å². The Balaban J connectivity index is 2.12. The molecule has 1 aliphatic heterocycles. The zero-order valence-electron chi connectivity index (χ0n) is 10.2. The fraction of sp³-hybridized carbons (Fsp3) is 0.571. The Morgan fingerprint density at radius 3 is 2.94 bits per heavy atom. The molecule has 1 heterocycles. The lowest BCUT2D eigenvalue weighted by Gasteiger charge is -2.23. The summed E-state index contributed by atoms with van der Waals surface area (Å²) in [6, 6.07) is 3.96. The number of hydrogen-bond donors (Lipinski definition) is 1. The van der Waals surface area contributed by atoms with Crippen LogP contribution in [0.4, 0.5) is 4.39 Å². The van der Waals surface area contributed by atoms with Crippen LogP contribution in [-0.2, 0) is 12.8 Å².